The molecule has 2 rings (SSSR count). The van der Waals surface area contributed by atoms with Gasteiger partial charge in [-0.25, -0.2) is 0 Å². The predicted octanol–water partition coefficient (Wildman–Crippen LogP) is 2.59. The number of aliphatic carboxylic acids is 4. The highest BCUT2D eigenvalue weighted by molar-refractivity contribution is 5.85. The molecule has 0 radical (unpaired) electrons. The number of carboxylic acid groups (broad SMARTS) is 4. The first-order valence-corrected chi connectivity index (χ1v) is 8.35. The van der Waals surface area contributed by atoms with Gasteiger partial charge in [-0.1, -0.05) is 48.6 Å². The van der Waals surface area contributed by atoms with Gasteiger partial charge in [-0.05, 0) is 27.7 Å². The third-order valence-electron chi connectivity index (χ3n) is 4.95. The zero-order valence-corrected chi connectivity index (χ0v) is 16.0. The summed E-state index contributed by atoms with van der Waals surface area (Å²) in [4.78, 5) is 43.2. The third-order valence-corrected chi connectivity index (χ3v) is 4.95. The lowest BCUT2D eigenvalue weighted by Crippen LogP contribution is -2.31. The molecule has 0 heterocycles. The molecule has 0 aromatic rings. The number of carbonyl (C=O) groups is 4. The van der Waals surface area contributed by atoms with Crippen LogP contribution in [0.5, 0.6) is 0 Å². The second-order valence-corrected chi connectivity index (χ2v) is 7.68. The Bertz CT molecular complexity index is 652. The Morgan fingerprint density at radius 3 is 0.607 bits per heavy atom. The topological polar surface area (TPSA) is 149 Å². The maximum Gasteiger partial charge on any atom is 0.317 e. The highest BCUT2D eigenvalue weighted by atomic mass is 16.4. The predicted molar refractivity (Wildman–Crippen MR) is 99.5 cm³/mol. The van der Waals surface area contributed by atoms with Crippen LogP contribution in [0.2, 0.25) is 0 Å². The Morgan fingerprint density at radius 2 is 0.536 bits per heavy atom. The summed E-state index contributed by atoms with van der Waals surface area (Å²) >= 11 is 0. The van der Waals surface area contributed by atoms with E-state index in [1.165, 1.54) is 76.3 Å². The van der Waals surface area contributed by atoms with Crippen LogP contribution in [0.1, 0.15) is 27.7 Å². The van der Waals surface area contributed by atoms with Gasteiger partial charge in [0, 0.05) is 0 Å². The zero-order valence-electron chi connectivity index (χ0n) is 16.0. The highest BCUT2D eigenvalue weighted by Crippen LogP contribution is 2.34. The van der Waals surface area contributed by atoms with E-state index >= 15 is 0 Å². The summed E-state index contributed by atoms with van der Waals surface area (Å²) in [5.74, 6) is -3.95. The van der Waals surface area contributed by atoms with Crippen LogP contribution in [-0.4, -0.2) is 44.3 Å². The fraction of sp³-hybridized carbons (Fsp3) is 0.400. The maximum absolute atomic E-state index is 10.8. The van der Waals surface area contributed by atoms with Crippen LogP contribution >= 0.6 is 0 Å². The van der Waals surface area contributed by atoms with E-state index in [9.17, 15) is 19.2 Å². The van der Waals surface area contributed by atoms with Crippen molar-refractivity contribution >= 4 is 23.9 Å². The summed E-state index contributed by atoms with van der Waals surface area (Å²) in [6, 6.07) is 0. The van der Waals surface area contributed by atoms with E-state index in [-0.39, 0.29) is 0 Å². The Kier molecular flexibility index (Phi) is 6.09. The molecule has 0 fully saturated rings. The van der Waals surface area contributed by atoms with Crippen molar-refractivity contribution in [2.75, 3.05) is 0 Å². The van der Waals surface area contributed by atoms with Crippen LogP contribution in [0.3, 0.4) is 0 Å². The molecule has 2 aliphatic carbocycles. The Morgan fingerprint density at radius 1 is 0.429 bits per heavy atom. The first kappa shape index (κ1) is 22.9. The second-order valence-electron chi connectivity index (χ2n) is 7.68. The minimum absolute atomic E-state index is 0.988. The van der Waals surface area contributed by atoms with Gasteiger partial charge in [0.25, 0.3) is 0 Å². The van der Waals surface area contributed by atoms with Crippen LogP contribution in [0.25, 0.3) is 0 Å². The third kappa shape index (κ3) is 4.57. The zero-order chi connectivity index (χ0) is 22.0. The van der Waals surface area contributed by atoms with Gasteiger partial charge in [-0.2, -0.15) is 0 Å². The minimum atomic E-state index is -1.09. The molecule has 0 atom stereocenters. The van der Waals surface area contributed by atoms with Gasteiger partial charge in [-0.3, -0.25) is 19.2 Å². The van der Waals surface area contributed by atoms with Crippen LogP contribution in [0, 0.1) is 21.7 Å². The molecule has 0 saturated carbocycles. The van der Waals surface area contributed by atoms with Gasteiger partial charge >= 0.3 is 23.9 Å². The summed E-state index contributed by atoms with van der Waals surface area (Å²) in [5.41, 5.74) is -4.35. The standard InChI is InChI=1S/2C10H12O4/c2*1-9(7(11)12)3-5-10(2,6-4-9)8(13)14/h2*3-6H,1-2H3,(H,11,12)(H,13,14). The van der Waals surface area contributed by atoms with Gasteiger partial charge in [0.15, 0.2) is 0 Å². The van der Waals surface area contributed by atoms with Crippen molar-refractivity contribution in [2.45, 2.75) is 27.7 Å². The van der Waals surface area contributed by atoms with Crippen molar-refractivity contribution in [2.24, 2.45) is 21.7 Å². The van der Waals surface area contributed by atoms with Crippen molar-refractivity contribution in [1.82, 2.24) is 0 Å². The Balaban J connectivity index is 0.000000280. The van der Waals surface area contributed by atoms with E-state index in [2.05, 4.69) is 0 Å². The number of rotatable bonds is 4. The fourth-order valence-corrected chi connectivity index (χ4v) is 2.18. The summed E-state index contributed by atoms with van der Waals surface area (Å²) in [7, 11) is 0. The molecule has 0 aromatic heterocycles. The summed E-state index contributed by atoms with van der Waals surface area (Å²) in [6.45, 7) is 6.07. The molecular weight excluding hydrogens is 368 g/mol. The van der Waals surface area contributed by atoms with Gasteiger partial charge in [0.05, 0.1) is 0 Å². The Hall–Kier alpha value is -3.16. The molecule has 0 aliphatic heterocycles. The molecule has 0 bridgehead atoms. The molecule has 0 saturated heterocycles. The molecule has 4 N–H and O–H groups in total. The average Bonchev–Trinajstić information content (AvgIpc) is 2.60. The molecular formula is C20H24O8. The van der Waals surface area contributed by atoms with Gasteiger partial charge in [-0.15, -0.1) is 0 Å². The van der Waals surface area contributed by atoms with Gasteiger partial charge in [0.1, 0.15) is 21.7 Å². The SMILES string of the molecule is CC1(C(=O)O)C=CC(C)(C(=O)O)C=C1.CC1(C(=O)O)C=CC(C)(C(=O)O)C=C1. The lowest BCUT2D eigenvalue weighted by molar-refractivity contribution is -0.145. The summed E-state index contributed by atoms with van der Waals surface area (Å²) in [6.07, 6.45) is 11.2. The smallest absolute Gasteiger partial charge is 0.317 e. The summed E-state index contributed by atoms with van der Waals surface area (Å²) in [5, 5.41) is 35.4. The fourth-order valence-electron chi connectivity index (χ4n) is 2.18. The highest BCUT2D eigenvalue weighted by Gasteiger charge is 2.37. The molecule has 0 amide bonds. The molecule has 0 spiro atoms. The quantitative estimate of drug-likeness (QED) is 0.533. The van der Waals surface area contributed by atoms with Crippen molar-refractivity contribution < 1.29 is 39.6 Å². The number of hydrogen-bond donors (Lipinski definition) is 4. The Labute approximate surface area is 162 Å². The van der Waals surface area contributed by atoms with E-state index in [4.69, 9.17) is 20.4 Å². The van der Waals surface area contributed by atoms with E-state index < -0.39 is 45.5 Å². The largest absolute Gasteiger partial charge is 0.480 e. The van der Waals surface area contributed by atoms with Gasteiger partial charge < -0.3 is 20.4 Å². The molecule has 2 aliphatic rings. The number of carboxylic acids is 4. The van der Waals surface area contributed by atoms with Crippen molar-refractivity contribution in [1.29, 1.82) is 0 Å². The molecule has 0 unspecified atom stereocenters. The average molecular weight is 392 g/mol. The molecule has 0 aromatic carbocycles. The first-order chi connectivity index (χ1) is 12.6. The monoisotopic (exact) mass is 392 g/mol. The van der Waals surface area contributed by atoms with E-state index in [1.807, 2.05) is 0 Å². The van der Waals surface area contributed by atoms with Crippen LogP contribution in [-0.2, 0) is 19.2 Å². The molecule has 28 heavy (non-hydrogen) atoms. The van der Waals surface area contributed by atoms with E-state index in [0.29, 0.717) is 0 Å². The van der Waals surface area contributed by atoms with Crippen LogP contribution < -0.4 is 0 Å². The summed E-state index contributed by atoms with van der Waals surface area (Å²) < 4.78 is 0. The molecule has 8 heteroatoms. The maximum atomic E-state index is 10.8. The van der Waals surface area contributed by atoms with E-state index in [1.54, 1.807) is 0 Å². The first-order valence-electron chi connectivity index (χ1n) is 8.35. The molecule has 152 valence electrons. The second kappa shape index (κ2) is 7.46. The lowest BCUT2D eigenvalue weighted by Gasteiger charge is -2.26. The molecule has 8 nitrogen and oxygen atoms in total. The van der Waals surface area contributed by atoms with Crippen molar-refractivity contribution in [3.8, 4) is 0 Å². The van der Waals surface area contributed by atoms with Gasteiger partial charge in [0.2, 0.25) is 0 Å². The minimum Gasteiger partial charge on any atom is -0.480 e. The van der Waals surface area contributed by atoms with Crippen molar-refractivity contribution in [3.63, 3.8) is 0 Å². The van der Waals surface area contributed by atoms with E-state index in [0.717, 1.165) is 0 Å². The normalized spacial score (nSPS) is 35.6. The van der Waals surface area contributed by atoms with Crippen molar-refractivity contribution in [3.05, 3.63) is 48.6 Å². The van der Waals surface area contributed by atoms with Crippen LogP contribution in [0.15, 0.2) is 48.6 Å². The van der Waals surface area contributed by atoms with Crippen LogP contribution in [0.4, 0.5) is 0 Å². The number of hydrogen-bond acceptors (Lipinski definition) is 4. The lowest BCUT2D eigenvalue weighted by atomic mass is 9.77.